The number of nitrogens with zero attached hydrogens (tertiary/aromatic N) is 2. The van der Waals surface area contributed by atoms with Crippen molar-refractivity contribution in [3.8, 4) is 0 Å². The maximum Gasteiger partial charge on any atom is 0.243 e. The van der Waals surface area contributed by atoms with Crippen molar-refractivity contribution in [2.24, 2.45) is 5.92 Å². The molecule has 2 atom stereocenters. The number of hydrogen-bond donors (Lipinski definition) is 1. The summed E-state index contributed by atoms with van der Waals surface area (Å²) < 4.78 is 27.0. The number of anilines is 1. The van der Waals surface area contributed by atoms with Gasteiger partial charge in [-0.2, -0.15) is 4.31 Å². The highest BCUT2D eigenvalue weighted by Gasteiger charge is 2.27. The number of piperidine rings is 2. The Morgan fingerprint density at radius 2 is 1.74 bits per heavy atom. The maximum absolute atomic E-state index is 12.7. The van der Waals surface area contributed by atoms with Crippen molar-refractivity contribution < 1.29 is 13.2 Å². The van der Waals surface area contributed by atoms with Crippen LogP contribution in [0.2, 0.25) is 0 Å². The summed E-state index contributed by atoms with van der Waals surface area (Å²) in [6.45, 7) is 7.23. The molecule has 2 fully saturated rings. The van der Waals surface area contributed by atoms with Crippen molar-refractivity contribution in [3.05, 3.63) is 24.3 Å². The molecular formula is C20H31N3O3S. The Morgan fingerprint density at radius 1 is 1.07 bits per heavy atom. The normalized spacial score (nSPS) is 23.7. The summed E-state index contributed by atoms with van der Waals surface area (Å²) in [5.74, 6) is 0.573. The van der Waals surface area contributed by atoms with Crippen molar-refractivity contribution in [3.63, 3.8) is 0 Å². The molecule has 0 saturated carbocycles. The van der Waals surface area contributed by atoms with Gasteiger partial charge in [0.2, 0.25) is 15.9 Å². The summed E-state index contributed by atoms with van der Waals surface area (Å²) in [7, 11) is -3.43. The zero-order valence-electron chi connectivity index (χ0n) is 16.4. The van der Waals surface area contributed by atoms with Crippen LogP contribution in [0.15, 0.2) is 29.2 Å². The molecule has 1 aromatic carbocycles. The lowest BCUT2D eigenvalue weighted by molar-refractivity contribution is -0.121. The molecule has 150 valence electrons. The molecule has 0 aromatic heterocycles. The minimum absolute atomic E-state index is 0.0456. The first-order valence-electron chi connectivity index (χ1n) is 10.0. The highest BCUT2D eigenvalue weighted by Crippen LogP contribution is 2.23. The average molecular weight is 394 g/mol. The number of sulfonamides is 1. The van der Waals surface area contributed by atoms with Crippen LogP contribution in [0.5, 0.6) is 0 Å². The van der Waals surface area contributed by atoms with E-state index in [0.29, 0.717) is 29.6 Å². The van der Waals surface area contributed by atoms with Crippen LogP contribution >= 0.6 is 0 Å². The van der Waals surface area contributed by atoms with Crippen molar-refractivity contribution in [2.45, 2.75) is 56.9 Å². The summed E-state index contributed by atoms with van der Waals surface area (Å²) in [6.07, 6.45) is 5.27. The molecule has 2 aliphatic rings. The van der Waals surface area contributed by atoms with E-state index in [1.807, 2.05) is 6.92 Å². The molecule has 0 aliphatic carbocycles. The predicted molar refractivity (Wildman–Crippen MR) is 107 cm³/mol. The highest BCUT2D eigenvalue weighted by molar-refractivity contribution is 7.89. The average Bonchev–Trinajstić information content (AvgIpc) is 2.68. The molecule has 0 bridgehead atoms. The molecule has 3 rings (SSSR count). The van der Waals surface area contributed by atoms with Gasteiger partial charge in [0.25, 0.3) is 0 Å². The Morgan fingerprint density at radius 3 is 2.37 bits per heavy atom. The van der Waals surface area contributed by atoms with Gasteiger partial charge in [0.1, 0.15) is 0 Å². The third-order valence-electron chi connectivity index (χ3n) is 5.69. The van der Waals surface area contributed by atoms with Gasteiger partial charge in [-0.3, -0.25) is 9.69 Å². The van der Waals surface area contributed by atoms with E-state index in [0.717, 1.165) is 38.8 Å². The lowest BCUT2D eigenvalue weighted by Crippen LogP contribution is -2.46. The molecule has 2 aliphatic heterocycles. The minimum atomic E-state index is -3.43. The summed E-state index contributed by atoms with van der Waals surface area (Å²) in [6, 6.07) is 6.35. The lowest BCUT2D eigenvalue weighted by Gasteiger charge is -2.34. The second kappa shape index (κ2) is 8.71. The third-order valence-corrected chi connectivity index (χ3v) is 7.60. The SMILES string of the molecule is C[C@@H]1CCCN([C@@H](C)C(=O)Nc2ccc(S(=O)(=O)N3CCCCC3)cc2)C1. The van der Waals surface area contributed by atoms with Crippen LogP contribution in [-0.2, 0) is 14.8 Å². The van der Waals surface area contributed by atoms with E-state index in [1.165, 1.54) is 6.42 Å². The van der Waals surface area contributed by atoms with Crippen LogP contribution in [-0.4, -0.2) is 55.8 Å². The Bertz CT molecular complexity index is 742. The van der Waals surface area contributed by atoms with E-state index in [4.69, 9.17) is 0 Å². The number of amides is 1. The van der Waals surface area contributed by atoms with Crippen LogP contribution in [0.25, 0.3) is 0 Å². The van der Waals surface area contributed by atoms with E-state index in [-0.39, 0.29) is 11.9 Å². The Kier molecular flexibility index (Phi) is 6.55. The van der Waals surface area contributed by atoms with E-state index < -0.39 is 10.0 Å². The third kappa shape index (κ3) is 4.89. The van der Waals surface area contributed by atoms with Crippen LogP contribution in [0.3, 0.4) is 0 Å². The first-order chi connectivity index (χ1) is 12.9. The zero-order valence-corrected chi connectivity index (χ0v) is 17.2. The topological polar surface area (TPSA) is 69.7 Å². The van der Waals surface area contributed by atoms with E-state index in [2.05, 4.69) is 17.1 Å². The van der Waals surface area contributed by atoms with Gasteiger partial charge in [-0.25, -0.2) is 8.42 Å². The fourth-order valence-electron chi connectivity index (χ4n) is 3.95. The molecule has 27 heavy (non-hydrogen) atoms. The molecule has 6 nitrogen and oxygen atoms in total. The summed E-state index contributed by atoms with van der Waals surface area (Å²) in [4.78, 5) is 15.1. The van der Waals surface area contributed by atoms with Gasteiger partial charge >= 0.3 is 0 Å². The predicted octanol–water partition coefficient (Wildman–Crippen LogP) is 2.92. The van der Waals surface area contributed by atoms with Gasteiger partial charge in [0.05, 0.1) is 10.9 Å². The van der Waals surface area contributed by atoms with Crippen molar-refractivity contribution in [1.29, 1.82) is 0 Å². The Hall–Kier alpha value is -1.44. The van der Waals surface area contributed by atoms with Crippen molar-refractivity contribution in [2.75, 3.05) is 31.5 Å². The molecule has 2 saturated heterocycles. The minimum Gasteiger partial charge on any atom is -0.325 e. The van der Waals surface area contributed by atoms with E-state index in [1.54, 1.807) is 28.6 Å². The fourth-order valence-corrected chi connectivity index (χ4v) is 5.47. The molecule has 0 unspecified atom stereocenters. The lowest BCUT2D eigenvalue weighted by atomic mass is 9.99. The molecule has 2 heterocycles. The quantitative estimate of drug-likeness (QED) is 0.835. The maximum atomic E-state index is 12.7. The van der Waals surface area contributed by atoms with E-state index in [9.17, 15) is 13.2 Å². The van der Waals surface area contributed by atoms with E-state index >= 15 is 0 Å². The first-order valence-corrected chi connectivity index (χ1v) is 11.5. The van der Waals surface area contributed by atoms with Crippen molar-refractivity contribution in [1.82, 2.24) is 9.21 Å². The number of benzene rings is 1. The number of nitrogens with one attached hydrogen (secondary N) is 1. The smallest absolute Gasteiger partial charge is 0.243 e. The van der Waals surface area contributed by atoms with Crippen molar-refractivity contribution >= 4 is 21.6 Å². The summed E-state index contributed by atoms with van der Waals surface area (Å²) in [5, 5.41) is 2.92. The van der Waals surface area contributed by atoms with Crippen LogP contribution < -0.4 is 5.32 Å². The largest absolute Gasteiger partial charge is 0.325 e. The number of carbonyl (C=O) groups excluding carboxylic acids is 1. The number of likely N-dealkylation sites (tertiary alicyclic amines) is 1. The molecule has 1 amide bonds. The standard InChI is InChI=1S/C20H31N3O3S/c1-16-7-6-12-22(15-16)17(2)20(24)21-18-8-10-19(11-9-18)27(25,26)23-13-4-3-5-14-23/h8-11,16-17H,3-7,12-15H2,1-2H3,(H,21,24)/t16-,17+/m1/s1. The summed E-state index contributed by atoms with van der Waals surface area (Å²) in [5.41, 5.74) is 0.634. The van der Waals surface area contributed by atoms with Crippen LogP contribution in [0.1, 0.15) is 46.0 Å². The van der Waals surface area contributed by atoms with Gasteiger partial charge in [-0.1, -0.05) is 13.3 Å². The Balaban J connectivity index is 1.62. The first kappa shape index (κ1) is 20.3. The number of carbonyl (C=O) groups is 1. The molecule has 0 radical (unpaired) electrons. The molecule has 1 N–H and O–H groups in total. The second-order valence-corrected chi connectivity index (χ2v) is 9.83. The van der Waals surface area contributed by atoms with Crippen LogP contribution in [0, 0.1) is 5.92 Å². The molecular weight excluding hydrogens is 362 g/mol. The van der Waals surface area contributed by atoms with Gasteiger partial charge in [0.15, 0.2) is 0 Å². The number of rotatable bonds is 5. The fraction of sp³-hybridized carbons (Fsp3) is 0.650. The molecule has 0 spiro atoms. The summed E-state index contributed by atoms with van der Waals surface area (Å²) >= 11 is 0. The highest BCUT2D eigenvalue weighted by atomic mass is 32.2. The van der Waals surface area contributed by atoms with Gasteiger partial charge in [0, 0.05) is 25.3 Å². The Labute approximate surface area is 163 Å². The monoisotopic (exact) mass is 393 g/mol. The zero-order chi connectivity index (χ0) is 19.4. The van der Waals surface area contributed by atoms with Gasteiger partial charge < -0.3 is 5.32 Å². The van der Waals surface area contributed by atoms with Gasteiger partial charge in [-0.15, -0.1) is 0 Å². The second-order valence-electron chi connectivity index (χ2n) is 7.90. The van der Waals surface area contributed by atoms with Gasteiger partial charge in [-0.05, 0) is 69.3 Å². The number of hydrogen-bond acceptors (Lipinski definition) is 4. The molecule has 1 aromatic rings. The molecule has 7 heteroatoms. The van der Waals surface area contributed by atoms with Crippen LogP contribution in [0.4, 0.5) is 5.69 Å².